The molecule has 0 saturated carbocycles. The highest BCUT2D eigenvalue weighted by Crippen LogP contribution is 2.22. The van der Waals surface area contributed by atoms with Gasteiger partial charge in [0.2, 0.25) is 5.91 Å². The number of carbonyl (C=O) groups excluding carboxylic acids is 1. The fourth-order valence-corrected chi connectivity index (χ4v) is 0.845. The molecule has 0 rings (SSSR count). The van der Waals surface area contributed by atoms with Crippen LogP contribution in [0.1, 0.15) is 33.6 Å². The van der Waals surface area contributed by atoms with Crippen molar-refractivity contribution >= 4 is 5.91 Å². The Bertz CT molecular complexity index is 155. The Balaban J connectivity index is 3.83. The van der Waals surface area contributed by atoms with E-state index in [1.165, 1.54) is 0 Å². The monoisotopic (exact) mass is 172 g/mol. The van der Waals surface area contributed by atoms with Crippen LogP contribution in [-0.4, -0.2) is 19.0 Å². The van der Waals surface area contributed by atoms with Gasteiger partial charge in [0.25, 0.3) is 0 Å². The van der Waals surface area contributed by atoms with Crippen molar-refractivity contribution in [1.82, 2.24) is 5.32 Å². The molecule has 0 heterocycles. The highest BCUT2D eigenvalue weighted by atomic mass is 16.1. The summed E-state index contributed by atoms with van der Waals surface area (Å²) in [5, 5.41) is 3.12. The van der Waals surface area contributed by atoms with Gasteiger partial charge in [-0.3, -0.25) is 4.79 Å². The smallest absolute Gasteiger partial charge is 0.223 e. The maximum atomic E-state index is 10.9. The van der Waals surface area contributed by atoms with E-state index in [1.54, 1.807) is 0 Å². The SMILES string of the molecule is CNC(C)CCC(C)(C)C(N)=O. The van der Waals surface area contributed by atoms with E-state index in [4.69, 9.17) is 5.73 Å². The zero-order valence-electron chi connectivity index (χ0n) is 8.48. The highest BCUT2D eigenvalue weighted by molar-refractivity contribution is 5.79. The van der Waals surface area contributed by atoms with Gasteiger partial charge in [0.15, 0.2) is 0 Å². The minimum atomic E-state index is -0.370. The third kappa shape index (κ3) is 3.72. The third-order valence-electron chi connectivity index (χ3n) is 2.36. The molecular formula is C9H20N2O. The van der Waals surface area contributed by atoms with Gasteiger partial charge in [-0.2, -0.15) is 0 Å². The molecular weight excluding hydrogens is 152 g/mol. The lowest BCUT2D eigenvalue weighted by Crippen LogP contribution is -2.33. The van der Waals surface area contributed by atoms with Crippen LogP contribution >= 0.6 is 0 Å². The fraction of sp³-hybridized carbons (Fsp3) is 0.889. The molecule has 0 aliphatic carbocycles. The maximum Gasteiger partial charge on any atom is 0.223 e. The van der Waals surface area contributed by atoms with Crippen LogP contribution in [0.5, 0.6) is 0 Å². The van der Waals surface area contributed by atoms with E-state index in [-0.39, 0.29) is 11.3 Å². The Kier molecular flexibility index (Phi) is 4.24. The van der Waals surface area contributed by atoms with E-state index in [0.717, 1.165) is 12.8 Å². The first kappa shape index (κ1) is 11.4. The normalized spacial score (nSPS) is 14.3. The molecule has 0 bridgehead atoms. The molecule has 0 radical (unpaired) electrons. The van der Waals surface area contributed by atoms with Gasteiger partial charge >= 0.3 is 0 Å². The lowest BCUT2D eigenvalue weighted by atomic mass is 9.86. The van der Waals surface area contributed by atoms with Gasteiger partial charge in [0.1, 0.15) is 0 Å². The van der Waals surface area contributed by atoms with Gasteiger partial charge in [0, 0.05) is 11.5 Å². The lowest BCUT2D eigenvalue weighted by molar-refractivity contribution is -0.126. The molecule has 0 aliphatic rings. The number of hydrogen-bond acceptors (Lipinski definition) is 2. The van der Waals surface area contributed by atoms with Gasteiger partial charge in [-0.1, -0.05) is 13.8 Å². The zero-order valence-corrected chi connectivity index (χ0v) is 8.48. The molecule has 3 nitrogen and oxygen atoms in total. The van der Waals surface area contributed by atoms with Crippen molar-refractivity contribution in [2.24, 2.45) is 11.1 Å². The van der Waals surface area contributed by atoms with E-state index >= 15 is 0 Å². The standard InChI is InChI=1S/C9H20N2O/c1-7(11-4)5-6-9(2,3)8(10)12/h7,11H,5-6H2,1-4H3,(H2,10,12). The largest absolute Gasteiger partial charge is 0.369 e. The average Bonchev–Trinajstić information content (AvgIpc) is 2.00. The Hall–Kier alpha value is -0.570. The predicted molar refractivity (Wildman–Crippen MR) is 50.7 cm³/mol. The minimum Gasteiger partial charge on any atom is -0.369 e. The van der Waals surface area contributed by atoms with Crippen LogP contribution < -0.4 is 11.1 Å². The van der Waals surface area contributed by atoms with Crippen molar-refractivity contribution < 1.29 is 4.79 Å². The summed E-state index contributed by atoms with van der Waals surface area (Å²) in [4.78, 5) is 10.9. The van der Waals surface area contributed by atoms with Crippen LogP contribution in [0.4, 0.5) is 0 Å². The number of nitrogens with two attached hydrogens (primary N) is 1. The summed E-state index contributed by atoms with van der Waals surface area (Å²) < 4.78 is 0. The van der Waals surface area contributed by atoms with Crippen LogP contribution in [0.25, 0.3) is 0 Å². The summed E-state index contributed by atoms with van der Waals surface area (Å²) in [6, 6.07) is 0.448. The quantitative estimate of drug-likeness (QED) is 0.647. The second kappa shape index (κ2) is 4.45. The Morgan fingerprint density at radius 1 is 1.58 bits per heavy atom. The van der Waals surface area contributed by atoms with E-state index in [9.17, 15) is 4.79 Å². The summed E-state index contributed by atoms with van der Waals surface area (Å²) in [5.74, 6) is -0.217. The van der Waals surface area contributed by atoms with Gasteiger partial charge in [-0.15, -0.1) is 0 Å². The Labute approximate surface area is 74.7 Å². The molecule has 0 aromatic carbocycles. The molecule has 72 valence electrons. The summed E-state index contributed by atoms with van der Waals surface area (Å²) >= 11 is 0. The van der Waals surface area contributed by atoms with E-state index in [2.05, 4.69) is 12.2 Å². The zero-order chi connectivity index (χ0) is 9.78. The van der Waals surface area contributed by atoms with Crippen molar-refractivity contribution in [3.8, 4) is 0 Å². The molecule has 0 spiro atoms. The van der Waals surface area contributed by atoms with Crippen LogP contribution in [0, 0.1) is 5.41 Å². The van der Waals surface area contributed by atoms with Gasteiger partial charge < -0.3 is 11.1 Å². The minimum absolute atomic E-state index is 0.217. The van der Waals surface area contributed by atoms with Gasteiger partial charge in [0.05, 0.1) is 0 Å². The lowest BCUT2D eigenvalue weighted by Gasteiger charge is -2.22. The van der Waals surface area contributed by atoms with Crippen molar-refractivity contribution in [3.63, 3.8) is 0 Å². The molecule has 3 heteroatoms. The Morgan fingerprint density at radius 3 is 2.42 bits per heavy atom. The highest BCUT2D eigenvalue weighted by Gasteiger charge is 2.24. The topological polar surface area (TPSA) is 55.1 Å². The van der Waals surface area contributed by atoms with Crippen LogP contribution in [-0.2, 0) is 4.79 Å². The molecule has 3 N–H and O–H groups in total. The maximum absolute atomic E-state index is 10.9. The number of amides is 1. The second-order valence-corrected chi connectivity index (χ2v) is 3.98. The predicted octanol–water partition coefficient (Wildman–Crippen LogP) is 0.886. The number of hydrogen-bond donors (Lipinski definition) is 2. The molecule has 0 aromatic heterocycles. The summed E-state index contributed by atoms with van der Waals surface area (Å²) in [7, 11) is 1.92. The van der Waals surface area contributed by atoms with Crippen LogP contribution in [0.3, 0.4) is 0 Å². The number of carbonyl (C=O) groups is 1. The number of nitrogens with one attached hydrogen (secondary N) is 1. The first-order valence-corrected chi connectivity index (χ1v) is 4.37. The van der Waals surface area contributed by atoms with Crippen molar-refractivity contribution in [1.29, 1.82) is 0 Å². The van der Waals surface area contributed by atoms with Gasteiger partial charge in [-0.25, -0.2) is 0 Å². The third-order valence-corrected chi connectivity index (χ3v) is 2.36. The molecule has 1 amide bonds. The van der Waals surface area contributed by atoms with Crippen molar-refractivity contribution in [2.75, 3.05) is 7.05 Å². The van der Waals surface area contributed by atoms with Crippen molar-refractivity contribution in [3.05, 3.63) is 0 Å². The molecule has 0 saturated heterocycles. The fourth-order valence-electron chi connectivity index (χ4n) is 0.845. The summed E-state index contributed by atoms with van der Waals surface area (Å²) in [6.45, 7) is 5.87. The van der Waals surface area contributed by atoms with Crippen LogP contribution in [0.15, 0.2) is 0 Å². The summed E-state index contributed by atoms with van der Waals surface area (Å²) in [5.41, 5.74) is 4.87. The number of primary amides is 1. The Morgan fingerprint density at radius 2 is 2.08 bits per heavy atom. The first-order chi connectivity index (χ1) is 5.40. The molecule has 0 aromatic rings. The average molecular weight is 172 g/mol. The molecule has 0 fully saturated rings. The molecule has 1 unspecified atom stereocenters. The van der Waals surface area contributed by atoms with E-state index < -0.39 is 0 Å². The summed E-state index contributed by atoms with van der Waals surface area (Å²) in [6.07, 6.45) is 1.82. The van der Waals surface area contributed by atoms with Crippen molar-refractivity contribution in [2.45, 2.75) is 39.7 Å². The second-order valence-electron chi connectivity index (χ2n) is 3.98. The van der Waals surface area contributed by atoms with Gasteiger partial charge in [-0.05, 0) is 26.8 Å². The van der Waals surface area contributed by atoms with E-state index in [1.807, 2.05) is 20.9 Å². The van der Waals surface area contributed by atoms with E-state index in [0.29, 0.717) is 6.04 Å². The number of rotatable bonds is 5. The first-order valence-electron chi connectivity index (χ1n) is 4.37. The molecule has 1 atom stereocenters. The molecule has 12 heavy (non-hydrogen) atoms. The van der Waals surface area contributed by atoms with Crippen LogP contribution in [0.2, 0.25) is 0 Å². The molecule has 0 aliphatic heterocycles.